The van der Waals surface area contributed by atoms with Crippen LogP contribution in [0.5, 0.6) is 0 Å². The zero-order valence-electron chi connectivity index (χ0n) is 17.6. The van der Waals surface area contributed by atoms with Gasteiger partial charge >= 0.3 is 6.09 Å². The number of likely N-dealkylation sites (tertiary alicyclic amines) is 1. The summed E-state index contributed by atoms with van der Waals surface area (Å²) in [5.74, 6) is 0.702. The Labute approximate surface area is 173 Å². The van der Waals surface area contributed by atoms with Crippen molar-refractivity contribution in [1.82, 2.24) is 10.2 Å². The fraction of sp³-hybridized carbons (Fsp3) is 0.636. The van der Waals surface area contributed by atoms with Crippen LogP contribution in [0.25, 0.3) is 0 Å². The Kier molecular flexibility index (Phi) is 7.76. The highest BCUT2D eigenvalue weighted by Crippen LogP contribution is 2.29. The molecule has 1 aromatic carbocycles. The van der Waals surface area contributed by atoms with Gasteiger partial charge in [-0.15, -0.1) is 0 Å². The predicted octanol–water partition coefficient (Wildman–Crippen LogP) is 4.99. The molecule has 1 fully saturated rings. The van der Waals surface area contributed by atoms with Gasteiger partial charge in [-0.25, -0.2) is 4.79 Å². The lowest BCUT2D eigenvalue weighted by molar-refractivity contribution is -0.135. The molecule has 5 nitrogen and oxygen atoms in total. The van der Waals surface area contributed by atoms with E-state index in [2.05, 4.69) is 17.4 Å². The molecule has 0 aromatic heterocycles. The average molecular weight is 409 g/mol. The maximum absolute atomic E-state index is 13.1. The normalized spacial score (nSPS) is 16.8. The maximum Gasteiger partial charge on any atom is 0.408 e. The highest BCUT2D eigenvalue weighted by Gasteiger charge is 2.31. The summed E-state index contributed by atoms with van der Waals surface area (Å²) in [7, 11) is 0. The van der Waals surface area contributed by atoms with E-state index in [4.69, 9.17) is 16.3 Å². The highest BCUT2D eigenvalue weighted by molar-refractivity contribution is 6.30. The van der Waals surface area contributed by atoms with Gasteiger partial charge < -0.3 is 15.0 Å². The van der Waals surface area contributed by atoms with Crippen LogP contribution in [0.4, 0.5) is 4.79 Å². The third-order valence-corrected chi connectivity index (χ3v) is 5.10. The number of hydrogen-bond acceptors (Lipinski definition) is 3. The van der Waals surface area contributed by atoms with Gasteiger partial charge in [0.15, 0.2) is 0 Å². The minimum absolute atomic E-state index is 0.0193. The standard InChI is InChI=1S/C22H33ClN2O3/c1-15(2)14-19(24-21(27)28-22(3,4)5)20(26)25-12-10-17(11-13-25)16-6-8-18(23)9-7-16/h6-9,15,17,19H,10-14H2,1-5H3,(H,24,27). The summed E-state index contributed by atoms with van der Waals surface area (Å²) < 4.78 is 5.34. The molecule has 1 saturated heterocycles. The fourth-order valence-electron chi connectivity index (χ4n) is 3.53. The van der Waals surface area contributed by atoms with Crippen molar-refractivity contribution >= 4 is 23.6 Å². The molecule has 1 unspecified atom stereocenters. The molecule has 1 heterocycles. The van der Waals surface area contributed by atoms with Crippen LogP contribution in [0.1, 0.15) is 65.4 Å². The van der Waals surface area contributed by atoms with Gasteiger partial charge in [-0.05, 0) is 69.6 Å². The van der Waals surface area contributed by atoms with E-state index in [1.807, 2.05) is 51.7 Å². The summed E-state index contributed by atoms with van der Waals surface area (Å²) in [5.41, 5.74) is 0.675. The van der Waals surface area contributed by atoms with Gasteiger partial charge in [0.05, 0.1) is 0 Å². The summed E-state index contributed by atoms with van der Waals surface area (Å²) in [6, 6.07) is 7.41. The molecule has 156 valence electrons. The first-order chi connectivity index (χ1) is 13.0. The largest absolute Gasteiger partial charge is 0.444 e. The van der Waals surface area contributed by atoms with Gasteiger partial charge in [0.2, 0.25) is 5.91 Å². The van der Waals surface area contributed by atoms with E-state index in [0.717, 1.165) is 17.9 Å². The Balaban J connectivity index is 1.96. The number of piperidine rings is 1. The zero-order chi connectivity index (χ0) is 20.9. The molecular weight excluding hydrogens is 376 g/mol. The lowest BCUT2D eigenvalue weighted by Crippen LogP contribution is -2.51. The molecule has 1 aliphatic rings. The number of carbonyl (C=O) groups is 2. The van der Waals surface area contributed by atoms with Crippen LogP contribution in [0, 0.1) is 5.92 Å². The van der Waals surface area contributed by atoms with Crippen LogP contribution in [0.2, 0.25) is 5.02 Å². The van der Waals surface area contributed by atoms with Gasteiger partial charge in [-0.3, -0.25) is 4.79 Å². The molecule has 28 heavy (non-hydrogen) atoms. The number of alkyl carbamates (subject to hydrolysis) is 1. The molecule has 6 heteroatoms. The molecule has 0 bridgehead atoms. The Bertz CT molecular complexity index is 659. The summed E-state index contributed by atoms with van der Waals surface area (Å²) >= 11 is 5.98. The van der Waals surface area contributed by atoms with Crippen LogP contribution >= 0.6 is 11.6 Å². The Morgan fingerprint density at radius 1 is 1.18 bits per heavy atom. The maximum atomic E-state index is 13.1. The number of carbonyl (C=O) groups excluding carboxylic acids is 2. The van der Waals surface area contributed by atoms with E-state index >= 15 is 0 Å². The van der Waals surface area contributed by atoms with Crippen molar-refractivity contribution in [1.29, 1.82) is 0 Å². The molecule has 0 saturated carbocycles. The highest BCUT2D eigenvalue weighted by atomic mass is 35.5. The van der Waals surface area contributed by atoms with Crippen LogP contribution < -0.4 is 5.32 Å². The van der Waals surface area contributed by atoms with Crippen molar-refractivity contribution in [3.8, 4) is 0 Å². The van der Waals surface area contributed by atoms with Gasteiger partial charge in [-0.1, -0.05) is 37.6 Å². The van der Waals surface area contributed by atoms with Gasteiger partial charge in [0.1, 0.15) is 11.6 Å². The summed E-state index contributed by atoms with van der Waals surface area (Å²) in [6.07, 6.45) is 1.87. The minimum atomic E-state index is -0.591. The van der Waals surface area contributed by atoms with Crippen molar-refractivity contribution in [2.75, 3.05) is 13.1 Å². The molecule has 0 radical (unpaired) electrons. The number of nitrogens with one attached hydrogen (secondary N) is 1. The molecule has 2 rings (SSSR count). The van der Waals surface area contributed by atoms with E-state index in [9.17, 15) is 9.59 Å². The summed E-state index contributed by atoms with van der Waals surface area (Å²) in [4.78, 5) is 27.1. The number of halogens is 1. The molecule has 2 amide bonds. The quantitative estimate of drug-likeness (QED) is 0.746. The first-order valence-corrected chi connectivity index (χ1v) is 10.5. The number of hydrogen-bond donors (Lipinski definition) is 1. The zero-order valence-corrected chi connectivity index (χ0v) is 18.4. The minimum Gasteiger partial charge on any atom is -0.444 e. The molecule has 1 N–H and O–H groups in total. The van der Waals surface area contributed by atoms with Crippen molar-refractivity contribution in [3.63, 3.8) is 0 Å². The Morgan fingerprint density at radius 3 is 2.25 bits per heavy atom. The molecule has 1 aliphatic heterocycles. The fourth-order valence-corrected chi connectivity index (χ4v) is 3.66. The third kappa shape index (κ3) is 7.01. The number of nitrogens with zero attached hydrogens (tertiary/aromatic N) is 1. The SMILES string of the molecule is CC(C)CC(NC(=O)OC(C)(C)C)C(=O)N1CCC(c2ccc(Cl)cc2)CC1. The first-order valence-electron chi connectivity index (χ1n) is 10.1. The van der Waals surface area contributed by atoms with E-state index in [1.54, 1.807) is 0 Å². The van der Waals surface area contributed by atoms with E-state index < -0.39 is 17.7 Å². The second-order valence-electron chi connectivity index (χ2n) is 8.98. The van der Waals surface area contributed by atoms with Crippen LogP contribution in [0.3, 0.4) is 0 Å². The molecule has 1 atom stereocenters. The van der Waals surface area contributed by atoms with Crippen LogP contribution in [-0.4, -0.2) is 41.6 Å². The lowest BCUT2D eigenvalue weighted by atomic mass is 9.89. The van der Waals surface area contributed by atoms with E-state index in [-0.39, 0.29) is 11.8 Å². The van der Waals surface area contributed by atoms with Gasteiger partial charge in [-0.2, -0.15) is 0 Å². The molecule has 1 aromatic rings. The third-order valence-electron chi connectivity index (χ3n) is 4.84. The van der Waals surface area contributed by atoms with E-state index in [1.165, 1.54) is 5.56 Å². The average Bonchev–Trinajstić information content (AvgIpc) is 2.59. The summed E-state index contributed by atoms with van der Waals surface area (Å²) in [5, 5.41) is 3.52. The van der Waals surface area contributed by atoms with Crippen molar-refractivity contribution in [3.05, 3.63) is 34.9 Å². The Morgan fingerprint density at radius 2 is 1.75 bits per heavy atom. The topological polar surface area (TPSA) is 58.6 Å². The second kappa shape index (κ2) is 9.64. The number of rotatable bonds is 5. The van der Waals surface area contributed by atoms with E-state index in [0.29, 0.717) is 25.4 Å². The lowest BCUT2D eigenvalue weighted by Gasteiger charge is -2.35. The second-order valence-corrected chi connectivity index (χ2v) is 9.42. The summed E-state index contributed by atoms with van der Waals surface area (Å²) in [6.45, 7) is 10.9. The monoisotopic (exact) mass is 408 g/mol. The molecule has 0 aliphatic carbocycles. The van der Waals surface area contributed by atoms with Crippen LogP contribution in [-0.2, 0) is 9.53 Å². The molecular formula is C22H33ClN2O3. The Hall–Kier alpha value is -1.75. The molecule has 0 spiro atoms. The van der Waals surface area contributed by atoms with Crippen molar-refractivity contribution < 1.29 is 14.3 Å². The first kappa shape index (κ1) is 22.5. The van der Waals surface area contributed by atoms with Crippen LogP contribution in [0.15, 0.2) is 24.3 Å². The number of ether oxygens (including phenoxy) is 1. The van der Waals surface area contributed by atoms with Gasteiger partial charge in [0.25, 0.3) is 0 Å². The predicted molar refractivity (Wildman–Crippen MR) is 113 cm³/mol. The number of benzene rings is 1. The van der Waals surface area contributed by atoms with Gasteiger partial charge in [0, 0.05) is 18.1 Å². The van der Waals surface area contributed by atoms with Crippen molar-refractivity contribution in [2.45, 2.75) is 71.4 Å². The van der Waals surface area contributed by atoms with Crippen molar-refractivity contribution in [2.24, 2.45) is 5.92 Å². The smallest absolute Gasteiger partial charge is 0.408 e. The number of amides is 2.